The number of hydrogen-bond acceptors (Lipinski definition) is 4. The average Bonchev–Trinajstić information content (AvgIpc) is 2.37. The molecule has 0 saturated carbocycles. The fourth-order valence-corrected chi connectivity index (χ4v) is 3.52. The van der Waals surface area contributed by atoms with Gasteiger partial charge in [0.25, 0.3) is 5.91 Å². The number of amides is 1. The molecule has 1 saturated heterocycles. The molecule has 2 N–H and O–H groups in total. The molecular weight excluding hydrogens is 194 g/mol. The van der Waals surface area contributed by atoms with Crippen molar-refractivity contribution in [2.75, 3.05) is 11.5 Å². The molecule has 12 heavy (non-hydrogen) atoms. The molecule has 0 aliphatic carbocycles. The summed E-state index contributed by atoms with van der Waals surface area (Å²) in [5, 5.41) is 0. The summed E-state index contributed by atoms with van der Waals surface area (Å²) in [6, 6.07) is 0. The molecule has 0 aromatic heterocycles. The number of Topliss-reactive ketones (excluding diaryl/α,β-unsaturated/α-hetero) is 1. The van der Waals surface area contributed by atoms with Gasteiger partial charge in [0.2, 0.25) is 0 Å². The quantitative estimate of drug-likeness (QED) is 0.409. The zero-order valence-electron chi connectivity index (χ0n) is 6.62. The molecule has 0 spiro atoms. The van der Waals surface area contributed by atoms with E-state index in [1.54, 1.807) is 0 Å². The number of carbonyl (C=O) groups excluding carboxylic acids is 2. The molecule has 0 unspecified atom stereocenters. The number of primary amides is 1. The van der Waals surface area contributed by atoms with Crippen molar-refractivity contribution in [3.8, 4) is 0 Å². The number of rotatable bonds is 2. The lowest BCUT2D eigenvalue weighted by Gasteiger charge is -2.00. The zero-order chi connectivity index (χ0) is 9.14. The number of carbonyl (C=O) groups is 2. The summed E-state index contributed by atoms with van der Waals surface area (Å²) >= 11 is 3.06. The first-order chi connectivity index (χ1) is 5.63. The Bertz CT molecular complexity index is 236. The standard InChI is InChI=1S/C7H9NO2S2/c1-4(9)5(6(8)10)7-11-2-3-12-7/h2-3H2,1H3,(H2,8,10). The molecule has 0 atom stereocenters. The van der Waals surface area contributed by atoms with Crippen LogP contribution < -0.4 is 5.73 Å². The predicted octanol–water partition coefficient (Wildman–Crippen LogP) is 0.752. The Morgan fingerprint density at radius 2 is 1.83 bits per heavy atom. The lowest BCUT2D eigenvalue weighted by Crippen LogP contribution is -2.19. The number of nitrogens with two attached hydrogens (primary N) is 1. The van der Waals surface area contributed by atoms with E-state index in [9.17, 15) is 9.59 Å². The van der Waals surface area contributed by atoms with Crippen LogP contribution in [0.2, 0.25) is 0 Å². The van der Waals surface area contributed by atoms with Crippen LogP contribution in [-0.2, 0) is 9.59 Å². The first-order valence-corrected chi connectivity index (χ1v) is 5.40. The van der Waals surface area contributed by atoms with Crippen LogP contribution >= 0.6 is 23.5 Å². The smallest absolute Gasteiger partial charge is 0.253 e. The molecule has 0 radical (unpaired) electrons. The van der Waals surface area contributed by atoms with Gasteiger partial charge in [-0.1, -0.05) is 0 Å². The summed E-state index contributed by atoms with van der Waals surface area (Å²) in [5.41, 5.74) is 5.24. The molecule has 0 bridgehead atoms. The summed E-state index contributed by atoms with van der Waals surface area (Å²) < 4.78 is 0.787. The van der Waals surface area contributed by atoms with Crippen LogP contribution in [0.15, 0.2) is 9.81 Å². The number of thioether (sulfide) groups is 2. The summed E-state index contributed by atoms with van der Waals surface area (Å²) in [7, 11) is 0. The summed E-state index contributed by atoms with van der Waals surface area (Å²) in [6.07, 6.45) is 0. The van der Waals surface area contributed by atoms with Crippen LogP contribution in [0.1, 0.15) is 6.92 Å². The van der Waals surface area contributed by atoms with Crippen LogP contribution in [0.5, 0.6) is 0 Å². The minimum Gasteiger partial charge on any atom is -0.365 e. The maximum absolute atomic E-state index is 11.0. The zero-order valence-corrected chi connectivity index (χ0v) is 8.26. The second-order valence-electron chi connectivity index (χ2n) is 2.28. The van der Waals surface area contributed by atoms with Gasteiger partial charge < -0.3 is 5.73 Å². The third-order valence-electron chi connectivity index (χ3n) is 1.35. The molecule has 1 aliphatic heterocycles. The van der Waals surface area contributed by atoms with Crippen molar-refractivity contribution < 1.29 is 9.59 Å². The highest BCUT2D eigenvalue weighted by atomic mass is 32.2. The maximum atomic E-state index is 11.0. The molecule has 1 aliphatic rings. The van der Waals surface area contributed by atoms with Gasteiger partial charge >= 0.3 is 0 Å². The van der Waals surface area contributed by atoms with Gasteiger partial charge in [-0.25, -0.2) is 0 Å². The molecule has 5 heteroatoms. The van der Waals surface area contributed by atoms with Gasteiger partial charge in [0.05, 0.1) is 4.24 Å². The van der Waals surface area contributed by atoms with Crippen molar-refractivity contribution in [3.05, 3.63) is 9.81 Å². The molecule has 0 aromatic carbocycles. The molecule has 1 rings (SSSR count). The molecule has 3 nitrogen and oxygen atoms in total. The highest BCUT2D eigenvalue weighted by Gasteiger charge is 2.21. The molecule has 1 amide bonds. The Kier molecular flexibility index (Phi) is 3.22. The van der Waals surface area contributed by atoms with Gasteiger partial charge in [0, 0.05) is 11.5 Å². The Labute approximate surface area is 79.1 Å². The third-order valence-corrected chi connectivity index (χ3v) is 4.07. The second kappa shape index (κ2) is 4.00. The van der Waals surface area contributed by atoms with Crippen molar-refractivity contribution in [2.45, 2.75) is 6.92 Å². The van der Waals surface area contributed by atoms with Crippen LogP contribution in [0.3, 0.4) is 0 Å². The maximum Gasteiger partial charge on any atom is 0.253 e. The van der Waals surface area contributed by atoms with Gasteiger partial charge in [0.1, 0.15) is 5.57 Å². The number of ketones is 1. The van der Waals surface area contributed by atoms with E-state index >= 15 is 0 Å². The van der Waals surface area contributed by atoms with Gasteiger partial charge in [-0.05, 0) is 6.92 Å². The van der Waals surface area contributed by atoms with E-state index in [2.05, 4.69) is 0 Å². The first kappa shape index (κ1) is 9.67. The SMILES string of the molecule is CC(=O)C(C(N)=O)=C1SCCS1. The summed E-state index contributed by atoms with van der Waals surface area (Å²) in [6.45, 7) is 1.37. The molecular formula is C7H9NO2S2. The highest BCUT2D eigenvalue weighted by molar-refractivity contribution is 8.25. The van der Waals surface area contributed by atoms with E-state index in [0.29, 0.717) is 0 Å². The third kappa shape index (κ3) is 2.04. The van der Waals surface area contributed by atoms with Crippen molar-refractivity contribution in [3.63, 3.8) is 0 Å². The minimum atomic E-state index is -0.612. The van der Waals surface area contributed by atoms with Gasteiger partial charge in [-0.3, -0.25) is 9.59 Å². The van der Waals surface area contributed by atoms with Gasteiger partial charge in [-0.2, -0.15) is 0 Å². The van der Waals surface area contributed by atoms with Gasteiger partial charge in [0.15, 0.2) is 5.78 Å². The number of hydrogen-bond donors (Lipinski definition) is 1. The van der Waals surface area contributed by atoms with E-state index in [0.717, 1.165) is 15.7 Å². The van der Waals surface area contributed by atoms with Crippen LogP contribution in [0, 0.1) is 0 Å². The molecule has 0 aromatic rings. The topological polar surface area (TPSA) is 60.2 Å². The van der Waals surface area contributed by atoms with Crippen LogP contribution in [0.4, 0.5) is 0 Å². The Hall–Kier alpha value is -0.420. The predicted molar refractivity (Wildman–Crippen MR) is 51.8 cm³/mol. The normalized spacial score (nSPS) is 16.2. The van der Waals surface area contributed by atoms with Crippen LogP contribution in [-0.4, -0.2) is 23.2 Å². The summed E-state index contributed by atoms with van der Waals surface area (Å²) in [4.78, 5) is 21.8. The second-order valence-corrected chi connectivity index (χ2v) is 4.75. The summed E-state index contributed by atoms with van der Waals surface area (Å²) in [5.74, 6) is 1.05. The Balaban J connectivity index is 2.97. The van der Waals surface area contributed by atoms with Gasteiger partial charge in [-0.15, -0.1) is 23.5 Å². The fourth-order valence-electron chi connectivity index (χ4n) is 0.873. The van der Waals surface area contributed by atoms with E-state index in [1.165, 1.54) is 30.4 Å². The van der Waals surface area contributed by atoms with E-state index in [4.69, 9.17) is 5.73 Å². The fraction of sp³-hybridized carbons (Fsp3) is 0.429. The minimum absolute atomic E-state index is 0.169. The van der Waals surface area contributed by atoms with E-state index < -0.39 is 5.91 Å². The first-order valence-electron chi connectivity index (χ1n) is 3.43. The Morgan fingerprint density at radius 1 is 1.33 bits per heavy atom. The lowest BCUT2D eigenvalue weighted by molar-refractivity contribution is -0.119. The largest absolute Gasteiger partial charge is 0.365 e. The van der Waals surface area contributed by atoms with Crippen molar-refractivity contribution >= 4 is 35.2 Å². The van der Waals surface area contributed by atoms with E-state index in [1.807, 2.05) is 0 Å². The molecule has 1 fully saturated rings. The van der Waals surface area contributed by atoms with Crippen molar-refractivity contribution in [1.29, 1.82) is 0 Å². The average molecular weight is 203 g/mol. The highest BCUT2D eigenvalue weighted by Crippen LogP contribution is 2.38. The molecule has 66 valence electrons. The van der Waals surface area contributed by atoms with Crippen molar-refractivity contribution in [2.24, 2.45) is 5.73 Å². The Morgan fingerprint density at radius 3 is 2.17 bits per heavy atom. The van der Waals surface area contributed by atoms with Crippen LogP contribution in [0.25, 0.3) is 0 Å². The lowest BCUT2D eigenvalue weighted by atomic mass is 10.2. The monoisotopic (exact) mass is 203 g/mol. The van der Waals surface area contributed by atoms with Crippen molar-refractivity contribution in [1.82, 2.24) is 0 Å². The van der Waals surface area contributed by atoms with E-state index in [-0.39, 0.29) is 11.4 Å². The molecule has 1 heterocycles.